The first-order valence-corrected chi connectivity index (χ1v) is 11.1. The van der Waals surface area contributed by atoms with Gasteiger partial charge in [-0.15, -0.1) is 0 Å². The van der Waals surface area contributed by atoms with Crippen LogP contribution in [0.4, 0.5) is 5.69 Å². The molecule has 2 N–H and O–H groups in total. The minimum Gasteiger partial charge on any atom is -0.377 e. The van der Waals surface area contributed by atoms with Crippen molar-refractivity contribution in [2.45, 2.75) is 32.9 Å². The molecule has 1 amide bonds. The number of hydrogen-bond acceptors (Lipinski definition) is 5. The third kappa shape index (κ3) is 6.35. The van der Waals surface area contributed by atoms with E-state index in [4.69, 9.17) is 11.6 Å². The Morgan fingerprint density at radius 1 is 1.25 bits per heavy atom. The van der Waals surface area contributed by atoms with E-state index >= 15 is 0 Å². The maximum atomic E-state index is 12.3. The highest BCUT2D eigenvalue weighted by Gasteiger charge is 2.14. The fourth-order valence-electron chi connectivity index (χ4n) is 2.56. The van der Waals surface area contributed by atoms with E-state index in [2.05, 4.69) is 15.6 Å². The number of aryl methyl sites for hydroxylation is 1. The van der Waals surface area contributed by atoms with Crippen LogP contribution in [0, 0.1) is 6.92 Å². The molecule has 0 radical (unpaired) electrons. The van der Waals surface area contributed by atoms with E-state index in [9.17, 15) is 13.2 Å². The Balaban J connectivity index is 2.08. The molecule has 0 bridgehead atoms. The van der Waals surface area contributed by atoms with Gasteiger partial charge in [0.2, 0.25) is 0 Å². The van der Waals surface area contributed by atoms with Crippen molar-refractivity contribution in [1.82, 2.24) is 10.3 Å². The lowest BCUT2D eigenvalue weighted by Gasteiger charge is -2.18. The van der Waals surface area contributed by atoms with Gasteiger partial charge in [-0.2, -0.15) is 0 Å². The van der Waals surface area contributed by atoms with Crippen molar-refractivity contribution in [2.24, 2.45) is 0 Å². The number of nitrogens with zero attached hydrogens (tertiary/aromatic N) is 1. The Kier molecular flexibility index (Phi) is 7.21. The van der Waals surface area contributed by atoms with Gasteiger partial charge in [-0.3, -0.25) is 4.79 Å². The maximum Gasteiger partial charge on any atom is 0.270 e. The van der Waals surface area contributed by atoms with Gasteiger partial charge in [0.05, 0.1) is 17.9 Å². The molecule has 1 heterocycles. The molecule has 2 rings (SSSR count). The van der Waals surface area contributed by atoms with Gasteiger partial charge >= 0.3 is 0 Å². The molecule has 2 aromatic rings. The van der Waals surface area contributed by atoms with Gasteiger partial charge in [0.15, 0.2) is 9.84 Å². The highest BCUT2D eigenvalue weighted by Crippen LogP contribution is 2.26. The van der Waals surface area contributed by atoms with E-state index in [1.165, 1.54) is 6.08 Å². The van der Waals surface area contributed by atoms with Gasteiger partial charge in [-0.05, 0) is 44.0 Å². The second kappa shape index (κ2) is 9.21. The summed E-state index contributed by atoms with van der Waals surface area (Å²) in [6.07, 6.45) is 4.12. The van der Waals surface area contributed by atoms with Crippen LogP contribution in [0.15, 0.2) is 48.0 Å². The lowest BCUT2D eigenvalue weighted by Crippen LogP contribution is -2.31. The van der Waals surface area contributed by atoms with Crippen LogP contribution in [0.1, 0.15) is 41.5 Å². The van der Waals surface area contributed by atoms with Crippen LogP contribution in [0.2, 0.25) is 5.02 Å². The molecule has 0 fully saturated rings. The number of sulfone groups is 1. The van der Waals surface area contributed by atoms with Crippen LogP contribution in [-0.2, 0) is 9.84 Å². The summed E-state index contributed by atoms with van der Waals surface area (Å²) < 4.78 is 22.3. The number of rotatable bonds is 7. The standard InChI is InChI=1S/C20H24ClN3O3S/c1-13-11-18(20(25)23-14(2)9-10-28(4,26)27)22-12-19(13)24-15(3)16-7-5-6-8-17(16)21/h5-12,14-15,24H,1-4H3,(H,23,25)/b10-9+/t14-,15+/m1/s1. The highest BCUT2D eigenvalue weighted by atomic mass is 35.5. The van der Waals surface area contributed by atoms with E-state index in [1.807, 2.05) is 38.1 Å². The number of halogens is 1. The third-order valence-electron chi connectivity index (χ3n) is 4.06. The summed E-state index contributed by atoms with van der Waals surface area (Å²) in [5, 5.41) is 7.80. The lowest BCUT2D eigenvalue weighted by molar-refractivity contribution is 0.0942. The number of carbonyl (C=O) groups is 1. The third-order valence-corrected chi connectivity index (χ3v) is 5.06. The van der Waals surface area contributed by atoms with Crippen LogP contribution in [-0.4, -0.2) is 31.6 Å². The Labute approximate surface area is 170 Å². The largest absolute Gasteiger partial charge is 0.377 e. The average Bonchev–Trinajstić information content (AvgIpc) is 2.61. The fraction of sp³-hybridized carbons (Fsp3) is 0.300. The monoisotopic (exact) mass is 421 g/mol. The van der Waals surface area contributed by atoms with Crippen LogP contribution in [0.25, 0.3) is 0 Å². The number of nitrogens with one attached hydrogen (secondary N) is 2. The van der Waals surface area contributed by atoms with Crippen LogP contribution in [0.3, 0.4) is 0 Å². The molecule has 1 aromatic heterocycles. The molecule has 0 aliphatic heterocycles. The molecule has 0 unspecified atom stereocenters. The van der Waals surface area contributed by atoms with Gasteiger partial charge < -0.3 is 10.6 Å². The second-order valence-electron chi connectivity index (χ2n) is 6.69. The summed E-state index contributed by atoms with van der Waals surface area (Å²) in [5.74, 6) is -0.376. The first kappa shape index (κ1) is 21.9. The topological polar surface area (TPSA) is 88.2 Å². The molecule has 150 valence electrons. The van der Waals surface area contributed by atoms with Gasteiger partial charge in [-0.25, -0.2) is 13.4 Å². The number of benzene rings is 1. The number of aromatic nitrogens is 1. The molecule has 0 aliphatic rings. The van der Waals surface area contributed by atoms with Crippen molar-refractivity contribution >= 4 is 33.0 Å². The number of anilines is 1. The highest BCUT2D eigenvalue weighted by molar-refractivity contribution is 7.93. The molecule has 8 heteroatoms. The minimum absolute atomic E-state index is 0.0324. The van der Waals surface area contributed by atoms with Gasteiger partial charge in [0, 0.05) is 22.7 Å². The molecule has 0 spiro atoms. The summed E-state index contributed by atoms with van der Waals surface area (Å²) in [4.78, 5) is 16.6. The van der Waals surface area contributed by atoms with Gasteiger partial charge in [0.25, 0.3) is 5.91 Å². The zero-order valence-electron chi connectivity index (χ0n) is 16.2. The van der Waals surface area contributed by atoms with Gasteiger partial charge in [0.1, 0.15) is 5.69 Å². The zero-order valence-corrected chi connectivity index (χ0v) is 17.8. The number of pyridine rings is 1. The van der Waals surface area contributed by atoms with Crippen molar-refractivity contribution in [3.63, 3.8) is 0 Å². The smallest absolute Gasteiger partial charge is 0.270 e. The Morgan fingerprint density at radius 3 is 2.54 bits per heavy atom. The van der Waals surface area contributed by atoms with Crippen molar-refractivity contribution in [3.05, 3.63) is 69.9 Å². The summed E-state index contributed by atoms with van der Waals surface area (Å²) in [5.41, 5.74) is 2.89. The number of hydrogen-bond donors (Lipinski definition) is 2. The van der Waals surface area contributed by atoms with Crippen molar-refractivity contribution in [1.29, 1.82) is 0 Å². The molecular formula is C20H24ClN3O3S. The van der Waals surface area contributed by atoms with Gasteiger partial charge in [-0.1, -0.05) is 35.9 Å². The Morgan fingerprint density at radius 2 is 1.93 bits per heavy atom. The molecule has 0 saturated carbocycles. The van der Waals surface area contributed by atoms with E-state index < -0.39 is 15.9 Å². The number of carbonyl (C=O) groups excluding carboxylic acids is 1. The first-order chi connectivity index (χ1) is 13.1. The second-order valence-corrected chi connectivity index (χ2v) is 9.03. The Hall–Kier alpha value is -2.38. The molecule has 1 aromatic carbocycles. The SMILES string of the molecule is Cc1cc(C(=O)N[C@H](C)/C=C/S(C)(=O)=O)ncc1N[C@@H](C)c1ccccc1Cl. The number of amides is 1. The quantitative estimate of drug-likeness (QED) is 0.707. The summed E-state index contributed by atoms with van der Waals surface area (Å²) >= 11 is 6.24. The average molecular weight is 422 g/mol. The molecule has 2 atom stereocenters. The van der Waals surface area contributed by atoms with Crippen molar-refractivity contribution in [2.75, 3.05) is 11.6 Å². The summed E-state index contributed by atoms with van der Waals surface area (Å²) in [6, 6.07) is 8.81. The summed E-state index contributed by atoms with van der Waals surface area (Å²) in [6.45, 7) is 5.57. The zero-order chi connectivity index (χ0) is 20.9. The minimum atomic E-state index is -3.23. The van der Waals surface area contributed by atoms with Crippen molar-refractivity contribution in [3.8, 4) is 0 Å². The lowest BCUT2D eigenvalue weighted by atomic mass is 10.1. The normalized spacial score (nSPS) is 13.9. The van der Waals surface area contributed by atoms with E-state index in [0.717, 1.165) is 28.5 Å². The summed E-state index contributed by atoms with van der Waals surface area (Å²) in [7, 11) is -3.23. The molecular weight excluding hydrogens is 398 g/mol. The molecule has 0 saturated heterocycles. The predicted octanol–water partition coefficient (Wildman–Crippen LogP) is 3.89. The van der Waals surface area contributed by atoms with E-state index in [-0.39, 0.29) is 17.6 Å². The van der Waals surface area contributed by atoms with Crippen LogP contribution in [0.5, 0.6) is 0 Å². The first-order valence-electron chi connectivity index (χ1n) is 8.73. The van der Waals surface area contributed by atoms with Crippen molar-refractivity contribution < 1.29 is 13.2 Å². The van der Waals surface area contributed by atoms with E-state index in [1.54, 1.807) is 19.2 Å². The van der Waals surface area contributed by atoms with Crippen LogP contribution >= 0.6 is 11.6 Å². The van der Waals surface area contributed by atoms with E-state index in [0.29, 0.717) is 5.02 Å². The Bertz CT molecular complexity index is 990. The maximum absolute atomic E-state index is 12.3. The predicted molar refractivity (Wildman–Crippen MR) is 113 cm³/mol. The van der Waals surface area contributed by atoms with Crippen LogP contribution < -0.4 is 10.6 Å². The fourth-order valence-corrected chi connectivity index (χ4v) is 3.38. The molecule has 6 nitrogen and oxygen atoms in total. The molecule has 28 heavy (non-hydrogen) atoms. The molecule has 0 aliphatic carbocycles.